The molecule has 0 saturated carbocycles. The van der Waals surface area contributed by atoms with Gasteiger partial charge in [-0.05, 0) is 55.8 Å². The third-order valence-electron chi connectivity index (χ3n) is 4.61. The van der Waals surface area contributed by atoms with E-state index in [9.17, 15) is 0 Å². The molecule has 1 N–H and O–H groups in total. The van der Waals surface area contributed by atoms with Crippen LogP contribution in [-0.2, 0) is 17.7 Å². The zero-order valence-electron chi connectivity index (χ0n) is 13.2. The Hall–Kier alpha value is -1.06. The first-order chi connectivity index (χ1) is 10.4. The first-order valence-corrected chi connectivity index (χ1v) is 8.55. The number of nitrogens with zero attached hydrogens (tertiary/aromatic N) is 1. The zero-order valence-corrected chi connectivity index (χ0v) is 13.2. The molecule has 1 aromatic rings. The molecule has 0 bridgehead atoms. The quantitative estimate of drug-likeness (QED) is 0.898. The van der Waals surface area contributed by atoms with Gasteiger partial charge in [0.15, 0.2) is 0 Å². The molecular weight excluding hydrogens is 260 g/mol. The molecule has 0 aromatic heterocycles. The smallest absolute Gasteiger partial charge is 0.0702 e. The summed E-state index contributed by atoms with van der Waals surface area (Å²) in [4.78, 5) is 2.58. The van der Waals surface area contributed by atoms with E-state index in [1.807, 2.05) is 0 Å². The van der Waals surface area contributed by atoms with Crippen molar-refractivity contribution in [3.63, 3.8) is 0 Å². The highest BCUT2D eigenvalue weighted by molar-refractivity contribution is 5.56. The Labute approximate surface area is 128 Å². The molecule has 3 nitrogen and oxygen atoms in total. The van der Waals surface area contributed by atoms with Crippen LogP contribution >= 0.6 is 0 Å². The maximum atomic E-state index is 5.96. The summed E-state index contributed by atoms with van der Waals surface area (Å²) in [6.45, 7) is 7.59. The summed E-state index contributed by atoms with van der Waals surface area (Å²) in [5, 5.41) is 3.53. The largest absolute Gasteiger partial charge is 0.385 e. The highest BCUT2D eigenvalue weighted by Crippen LogP contribution is 2.27. The molecule has 1 fully saturated rings. The van der Waals surface area contributed by atoms with Crippen LogP contribution in [0, 0.1) is 0 Å². The number of rotatable bonds is 5. The molecule has 3 heteroatoms. The molecule has 0 radical (unpaired) electrons. The predicted octanol–water partition coefficient (Wildman–Crippen LogP) is 3.44. The van der Waals surface area contributed by atoms with E-state index in [2.05, 4.69) is 35.3 Å². The van der Waals surface area contributed by atoms with Crippen LogP contribution in [0.5, 0.6) is 0 Å². The van der Waals surface area contributed by atoms with Crippen LogP contribution in [0.2, 0.25) is 0 Å². The summed E-state index contributed by atoms with van der Waals surface area (Å²) in [6, 6.07) is 6.73. The normalized spacial score (nSPS) is 22.6. The van der Waals surface area contributed by atoms with Crippen molar-refractivity contribution in [2.24, 2.45) is 0 Å². The number of nitrogens with one attached hydrogen (secondary N) is 1. The van der Waals surface area contributed by atoms with Gasteiger partial charge in [0.2, 0.25) is 0 Å². The number of anilines is 1. The Kier molecular flexibility index (Phi) is 5.15. The molecule has 2 aliphatic heterocycles. The van der Waals surface area contributed by atoms with Gasteiger partial charge >= 0.3 is 0 Å². The van der Waals surface area contributed by atoms with Crippen LogP contribution in [0.15, 0.2) is 18.2 Å². The molecular formula is C18H28N2O. The number of benzene rings is 1. The van der Waals surface area contributed by atoms with E-state index in [-0.39, 0.29) is 0 Å². The summed E-state index contributed by atoms with van der Waals surface area (Å²) < 4.78 is 5.96. The summed E-state index contributed by atoms with van der Waals surface area (Å²) in [6.07, 6.45) is 6.53. The lowest BCUT2D eigenvalue weighted by molar-refractivity contribution is -0.00228. The molecule has 0 aliphatic carbocycles. The molecule has 2 heterocycles. The molecule has 116 valence electrons. The SMILES string of the molecule is CCCOC1CCCN(Cc2cccc3c2CCCN3)C1. The molecule has 1 aromatic carbocycles. The molecule has 3 rings (SSSR count). The minimum absolute atomic E-state index is 0.441. The number of hydrogen-bond acceptors (Lipinski definition) is 3. The van der Waals surface area contributed by atoms with Gasteiger partial charge in [-0.25, -0.2) is 0 Å². The van der Waals surface area contributed by atoms with Crippen LogP contribution in [0.25, 0.3) is 0 Å². The second-order valence-corrected chi connectivity index (χ2v) is 6.34. The van der Waals surface area contributed by atoms with E-state index < -0.39 is 0 Å². The highest BCUT2D eigenvalue weighted by Gasteiger charge is 2.21. The van der Waals surface area contributed by atoms with Crippen LogP contribution in [-0.4, -0.2) is 37.2 Å². The van der Waals surface area contributed by atoms with Gasteiger partial charge in [0.25, 0.3) is 0 Å². The van der Waals surface area contributed by atoms with Gasteiger partial charge in [0.1, 0.15) is 0 Å². The van der Waals surface area contributed by atoms with Crippen LogP contribution < -0.4 is 5.32 Å². The Morgan fingerprint density at radius 1 is 1.33 bits per heavy atom. The Morgan fingerprint density at radius 2 is 2.29 bits per heavy atom. The number of piperidine rings is 1. The number of likely N-dealkylation sites (tertiary alicyclic amines) is 1. The third-order valence-corrected chi connectivity index (χ3v) is 4.61. The molecule has 0 spiro atoms. The third kappa shape index (κ3) is 3.78. The van der Waals surface area contributed by atoms with Gasteiger partial charge in [-0.3, -0.25) is 4.90 Å². The van der Waals surface area contributed by atoms with Crippen LogP contribution in [0.3, 0.4) is 0 Å². The summed E-state index contributed by atoms with van der Waals surface area (Å²) in [5.41, 5.74) is 4.41. The van der Waals surface area contributed by atoms with E-state index >= 15 is 0 Å². The van der Waals surface area contributed by atoms with E-state index in [1.54, 1.807) is 5.56 Å². The van der Waals surface area contributed by atoms with Crippen molar-refractivity contribution in [2.45, 2.75) is 51.7 Å². The number of hydrogen-bond donors (Lipinski definition) is 1. The minimum atomic E-state index is 0.441. The van der Waals surface area contributed by atoms with E-state index in [4.69, 9.17) is 4.74 Å². The predicted molar refractivity (Wildman–Crippen MR) is 87.8 cm³/mol. The van der Waals surface area contributed by atoms with Gasteiger partial charge in [-0.2, -0.15) is 0 Å². The lowest BCUT2D eigenvalue weighted by Gasteiger charge is -2.33. The molecule has 0 amide bonds. The highest BCUT2D eigenvalue weighted by atomic mass is 16.5. The van der Waals surface area contributed by atoms with Crippen molar-refractivity contribution < 1.29 is 4.74 Å². The Morgan fingerprint density at radius 3 is 3.19 bits per heavy atom. The molecule has 1 atom stereocenters. The average molecular weight is 288 g/mol. The monoisotopic (exact) mass is 288 g/mol. The number of ether oxygens (including phenoxy) is 1. The van der Waals surface area contributed by atoms with E-state index in [0.717, 1.165) is 32.7 Å². The van der Waals surface area contributed by atoms with Crippen molar-refractivity contribution in [1.82, 2.24) is 4.90 Å². The van der Waals surface area contributed by atoms with Gasteiger partial charge in [0, 0.05) is 31.9 Å². The summed E-state index contributed by atoms with van der Waals surface area (Å²) in [7, 11) is 0. The van der Waals surface area contributed by atoms with Crippen molar-refractivity contribution in [1.29, 1.82) is 0 Å². The van der Waals surface area contributed by atoms with Crippen LogP contribution in [0.1, 0.15) is 43.7 Å². The van der Waals surface area contributed by atoms with Crippen molar-refractivity contribution >= 4 is 5.69 Å². The summed E-state index contributed by atoms with van der Waals surface area (Å²) in [5.74, 6) is 0. The summed E-state index contributed by atoms with van der Waals surface area (Å²) >= 11 is 0. The zero-order chi connectivity index (χ0) is 14.5. The lowest BCUT2D eigenvalue weighted by atomic mass is 9.96. The Balaban J connectivity index is 1.63. The van der Waals surface area contributed by atoms with Crippen LogP contribution in [0.4, 0.5) is 5.69 Å². The van der Waals surface area contributed by atoms with Crippen molar-refractivity contribution in [3.8, 4) is 0 Å². The van der Waals surface area contributed by atoms with Crippen molar-refractivity contribution in [3.05, 3.63) is 29.3 Å². The Bertz CT molecular complexity index is 461. The number of fused-ring (bicyclic) bond motifs is 1. The van der Waals surface area contributed by atoms with E-state index in [0.29, 0.717) is 6.10 Å². The topological polar surface area (TPSA) is 24.5 Å². The fourth-order valence-electron chi connectivity index (χ4n) is 3.55. The molecule has 2 aliphatic rings. The van der Waals surface area contributed by atoms with Crippen molar-refractivity contribution in [2.75, 3.05) is 31.6 Å². The maximum Gasteiger partial charge on any atom is 0.0702 e. The van der Waals surface area contributed by atoms with E-state index in [1.165, 1.54) is 43.5 Å². The maximum absolute atomic E-state index is 5.96. The minimum Gasteiger partial charge on any atom is -0.385 e. The lowest BCUT2D eigenvalue weighted by Crippen LogP contribution is -2.39. The second-order valence-electron chi connectivity index (χ2n) is 6.34. The second kappa shape index (κ2) is 7.28. The fourth-order valence-corrected chi connectivity index (χ4v) is 3.55. The van der Waals surface area contributed by atoms with Gasteiger partial charge < -0.3 is 10.1 Å². The molecule has 1 saturated heterocycles. The first kappa shape index (κ1) is 14.9. The molecule has 21 heavy (non-hydrogen) atoms. The average Bonchev–Trinajstić information content (AvgIpc) is 2.54. The standard InChI is InChI=1S/C18H28N2O/c1-2-12-21-16-7-5-11-20(14-16)13-15-6-3-9-18-17(15)8-4-10-19-18/h3,6,9,16,19H,2,4-5,7-8,10-14H2,1H3. The van der Waals surface area contributed by atoms with Gasteiger partial charge in [0.05, 0.1) is 6.10 Å². The fraction of sp³-hybridized carbons (Fsp3) is 0.667. The first-order valence-electron chi connectivity index (χ1n) is 8.55. The molecule has 1 unspecified atom stereocenters. The van der Waals surface area contributed by atoms with Gasteiger partial charge in [-0.15, -0.1) is 0 Å². The van der Waals surface area contributed by atoms with Gasteiger partial charge in [-0.1, -0.05) is 19.1 Å².